The minimum atomic E-state index is 0.271. The molecule has 21 heavy (non-hydrogen) atoms. The van der Waals surface area contributed by atoms with E-state index < -0.39 is 0 Å². The molecule has 2 nitrogen and oxygen atoms in total. The molecule has 1 aromatic carbocycles. The van der Waals surface area contributed by atoms with E-state index in [1.54, 1.807) is 17.6 Å². The molecule has 1 unspecified atom stereocenters. The Kier molecular flexibility index (Phi) is 4.67. The van der Waals surface area contributed by atoms with Gasteiger partial charge in [-0.15, -0.1) is 11.3 Å². The molecule has 0 amide bonds. The lowest BCUT2D eigenvalue weighted by Crippen LogP contribution is -2.21. The fourth-order valence-corrected chi connectivity index (χ4v) is 4.86. The first-order valence-corrected chi connectivity index (χ1v) is 9.02. The molecule has 3 rings (SSSR count). The zero-order valence-electron chi connectivity index (χ0n) is 12.4. The second kappa shape index (κ2) is 6.51. The minimum Gasteiger partial charge on any atom is -0.496 e. The number of hydrogen-bond donors (Lipinski definition) is 1. The van der Waals surface area contributed by atoms with Crippen molar-refractivity contribution >= 4 is 27.3 Å². The number of hydrogen-bond acceptors (Lipinski definition) is 3. The summed E-state index contributed by atoms with van der Waals surface area (Å²) >= 11 is 5.57. The van der Waals surface area contributed by atoms with Crippen LogP contribution < -0.4 is 10.1 Å². The Balaban J connectivity index is 1.95. The fraction of sp³-hybridized carbons (Fsp3) is 0.412. The van der Waals surface area contributed by atoms with Crippen LogP contribution >= 0.6 is 27.3 Å². The van der Waals surface area contributed by atoms with Crippen molar-refractivity contribution in [1.82, 2.24) is 5.32 Å². The van der Waals surface area contributed by atoms with Crippen LogP contribution in [0.25, 0.3) is 0 Å². The van der Waals surface area contributed by atoms with Gasteiger partial charge in [0.15, 0.2) is 0 Å². The number of benzene rings is 1. The highest BCUT2D eigenvalue weighted by atomic mass is 79.9. The molecule has 1 N–H and O–H groups in total. The number of thiophene rings is 1. The lowest BCUT2D eigenvalue weighted by atomic mass is 10.0. The fourth-order valence-electron chi connectivity index (χ4n) is 2.94. The summed E-state index contributed by atoms with van der Waals surface area (Å²) in [6, 6.07) is 9.02. The predicted molar refractivity (Wildman–Crippen MR) is 92.6 cm³/mol. The smallest absolute Gasteiger partial charge is 0.133 e. The van der Waals surface area contributed by atoms with E-state index in [0.29, 0.717) is 0 Å². The molecule has 0 aliphatic heterocycles. The summed E-state index contributed by atoms with van der Waals surface area (Å²) < 4.78 is 6.34. The summed E-state index contributed by atoms with van der Waals surface area (Å²) in [6.45, 7) is 3.11. The zero-order chi connectivity index (χ0) is 14.8. The molecule has 1 atom stereocenters. The monoisotopic (exact) mass is 365 g/mol. The van der Waals surface area contributed by atoms with E-state index in [1.165, 1.54) is 29.7 Å². The van der Waals surface area contributed by atoms with Crippen LogP contribution in [0.2, 0.25) is 0 Å². The third-order valence-corrected chi connectivity index (χ3v) is 5.89. The summed E-state index contributed by atoms with van der Waals surface area (Å²) in [6.07, 6.45) is 3.82. The van der Waals surface area contributed by atoms with Gasteiger partial charge >= 0.3 is 0 Å². The molecule has 1 heterocycles. The molecular formula is C17H20BrNOS. The van der Waals surface area contributed by atoms with Crippen molar-refractivity contribution < 1.29 is 4.74 Å². The molecule has 0 radical (unpaired) electrons. The Morgan fingerprint density at radius 1 is 1.33 bits per heavy atom. The van der Waals surface area contributed by atoms with Crippen molar-refractivity contribution in [3.05, 3.63) is 49.6 Å². The molecular weight excluding hydrogens is 346 g/mol. The third-order valence-electron chi connectivity index (χ3n) is 3.97. The summed E-state index contributed by atoms with van der Waals surface area (Å²) in [5.74, 6) is 0.877. The first-order valence-electron chi connectivity index (χ1n) is 7.41. The Bertz CT molecular complexity index is 616. The molecule has 0 spiro atoms. The van der Waals surface area contributed by atoms with Crippen LogP contribution in [-0.2, 0) is 12.8 Å². The van der Waals surface area contributed by atoms with Gasteiger partial charge in [-0.1, -0.05) is 13.0 Å². The highest BCUT2D eigenvalue weighted by Crippen LogP contribution is 2.37. The number of halogens is 1. The molecule has 1 aliphatic carbocycles. The average molecular weight is 366 g/mol. The maximum Gasteiger partial charge on any atom is 0.133 e. The van der Waals surface area contributed by atoms with Gasteiger partial charge in [0, 0.05) is 9.75 Å². The third kappa shape index (κ3) is 3.03. The van der Waals surface area contributed by atoms with Gasteiger partial charge in [0.25, 0.3) is 0 Å². The zero-order valence-corrected chi connectivity index (χ0v) is 14.8. The van der Waals surface area contributed by atoms with Crippen LogP contribution in [0.5, 0.6) is 5.75 Å². The van der Waals surface area contributed by atoms with Gasteiger partial charge in [0.05, 0.1) is 17.6 Å². The van der Waals surface area contributed by atoms with E-state index in [0.717, 1.165) is 16.8 Å². The number of fused-ring (bicyclic) bond motifs is 1. The van der Waals surface area contributed by atoms with Gasteiger partial charge in [-0.25, -0.2) is 0 Å². The highest BCUT2D eigenvalue weighted by Gasteiger charge is 2.21. The van der Waals surface area contributed by atoms with Crippen molar-refractivity contribution in [3.8, 4) is 5.75 Å². The van der Waals surface area contributed by atoms with Gasteiger partial charge in [0.1, 0.15) is 5.75 Å². The molecule has 2 aromatic rings. The van der Waals surface area contributed by atoms with Gasteiger partial charge in [0.2, 0.25) is 0 Å². The molecule has 1 aromatic heterocycles. The van der Waals surface area contributed by atoms with E-state index >= 15 is 0 Å². The number of ether oxygens (including phenoxy) is 1. The van der Waals surface area contributed by atoms with Crippen LogP contribution in [0.4, 0.5) is 0 Å². The van der Waals surface area contributed by atoms with Gasteiger partial charge in [-0.3, -0.25) is 0 Å². The van der Waals surface area contributed by atoms with E-state index in [1.807, 2.05) is 17.4 Å². The first kappa shape index (κ1) is 15.1. The Morgan fingerprint density at radius 2 is 2.19 bits per heavy atom. The van der Waals surface area contributed by atoms with E-state index in [4.69, 9.17) is 4.74 Å². The molecule has 0 bridgehead atoms. The lowest BCUT2D eigenvalue weighted by molar-refractivity contribution is 0.412. The van der Waals surface area contributed by atoms with Crippen molar-refractivity contribution in [2.45, 2.75) is 32.2 Å². The molecule has 1 aliphatic rings. The van der Waals surface area contributed by atoms with Crippen LogP contribution in [0.1, 0.15) is 40.3 Å². The van der Waals surface area contributed by atoms with E-state index in [2.05, 4.69) is 46.4 Å². The van der Waals surface area contributed by atoms with Crippen molar-refractivity contribution in [2.75, 3.05) is 13.7 Å². The summed E-state index contributed by atoms with van der Waals surface area (Å²) in [7, 11) is 1.70. The maximum absolute atomic E-state index is 5.33. The van der Waals surface area contributed by atoms with Gasteiger partial charge < -0.3 is 10.1 Å². The minimum absolute atomic E-state index is 0.271. The van der Waals surface area contributed by atoms with Crippen molar-refractivity contribution in [3.63, 3.8) is 0 Å². The number of methoxy groups -OCH3 is 1. The molecule has 0 saturated heterocycles. The number of aryl methyl sites for hydroxylation is 2. The largest absolute Gasteiger partial charge is 0.496 e. The number of nitrogens with one attached hydrogen (secondary N) is 1. The van der Waals surface area contributed by atoms with Crippen LogP contribution in [0.15, 0.2) is 28.7 Å². The standard InChI is InChI=1S/C17H20BrNOS/c1-3-19-17(12-7-8-14(20-2)13(18)9-12)16-10-11-5-4-6-15(11)21-16/h7-10,17,19H,3-6H2,1-2H3. The quantitative estimate of drug-likeness (QED) is 0.828. The molecule has 0 fully saturated rings. The Labute approximate surface area is 138 Å². The second-order valence-corrected chi connectivity index (χ2v) is 7.36. The van der Waals surface area contributed by atoms with E-state index in [-0.39, 0.29) is 6.04 Å². The van der Waals surface area contributed by atoms with Crippen LogP contribution in [-0.4, -0.2) is 13.7 Å². The Hall–Kier alpha value is -0.840. The van der Waals surface area contributed by atoms with E-state index in [9.17, 15) is 0 Å². The van der Waals surface area contributed by atoms with Crippen LogP contribution in [0.3, 0.4) is 0 Å². The number of rotatable bonds is 5. The maximum atomic E-state index is 5.33. The molecule has 0 saturated carbocycles. The second-order valence-electron chi connectivity index (χ2n) is 5.34. The first-order chi connectivity index (χ1) is 10.2. The average Bonchev–Trinajstić information content (AvgIpc) is 3.05. The normalized spacial score (nSPS) is 15.0. The molecule has 4 heteroatoms. The topological polar surface area (TPSA) is 21.3 Å². The lowest BCUT2D eigenvalue weighted by Gasteiger charge is -2.18. The van der Waals surface area contributed by atoms with Crippen molar-refractivity contribution in [1.29, 1.82) is 0 Å². The Morgan fingerprint density at radius 3 is 2.86 bits per heavy atom. The van der Waals surface area contributed by atoms with Gasteiger partial charge in [-0.2, -0.15) is 0 Å². The van der Waals surface area contributed by atoms with Gasteiger partial charge in [-0.05, 0) is 71.1 Å². The summed E-state index contributed by atoms with van der Waals surface area (Å²) in [4.78, 5) is 3.01. The SMILES string of the molecule is CCNC(c1ccc(OC)c(Br)c1)c1cc2c(s1)CCC2. The predicted octanol–water partition coefficient (Wildman–Crippen LogP) is 4.71. The summed E-state index contributed by atoms with van der Waals surface area (Å²) in [5, 5.41) is 3.62. The van der Waals surface area contributed by atoms with Crippen LogP contribution in [0, 0.1) is 0 Å². The van der Waals surface area contributed by atoms with Crippen molar-refractivity contribution in [2.24, 2.45) is 0 Å². The summed E-state index contributed by atoms with van der Waals surface area (Å²) in [5.41, 5.74) is 2.84. The highest BCUT2D eigenvalue weighted by molar-refractivity contribution is 9.10. The molecule has 112 valence electrons.